The summed E-state index contributed by atoms with van der Waals surface area (Å²) in [5.74, 6) is -0.391. The Morgan fingerprint density at radius 2 is 2.16 bits per heavy atom. The molecular formula is C13H16N4O2. The van der Waals surface area contributed by atoms with Gasteiger partial charge in [-0.05, 0) is 42.3 Å². The average Bonchev–Trinajstić information content (AvgIpc) is 2.81. The van der Waals surface area contributed by atoms with Gasteiger partial charge in [-0.15, -0.1) is 5.10 Å². The van der Waals surface area contributed by atoms with Crippen molar-refractivity contribution < 1.29 is 9.90 Å². The quantitative estimate of drug-likeness (QED) is 0.901. The van der Waals surface area contributed by atoms with Crippen LogP contribution in [0.4, 0.5) is 0 Å². The van der Waals surface area contributed by atoms with E-state index in [1.165, 1.54) is 4.68 Å². The molecule has 1 unspecified atom stereocenters. The zero-order valence-corrected chi connectivity index (χ0v) is 11.2. The third-order valence-corrected chi connectivity index (χ3v) is 3.14. The maximum absolute atomic E-state index is 11.0. The van der Waals surface area contributed by atoms with Crippen LogP contribution in [0.15, 0.2) is 18.2 Å². The first-order valence-corrected chi connectivity index (χ1v) is 6.04. The number of hydrogen-bond donors (Lipinski definition) is 1. The molecule has 0 aliphatic heterocycles. The molecular weight excluding hydrogens is 244 g/mol. The molecule has 0 fully saturated rings. The maximum atomic E-state index is 11.0. The predicted octanol–water partition coefficient (Wildman–Crippen LogP) is 1.53. The van der Waals surface area contributed by atoms with Gasteiger partial charge < -0.3 is 5.11 Å². The molecule has 19 heavy (non-hydrogen) atoms. The van der Waals surface area contributed by atoms with E-state index in [9.17, 15) is 4.79 Å². The summed E-state index contributed by atoms with van der Waals surface area (Å²) in [5, 5.41) is 20.3. The standard InChI is InChI=1S/C13H16N4O2/c1-8-4-5-9(2)11(6-8)7-12-14-15-16-17(12)10(3)13(18)19/h4-6,10H,7H2,1-3H3,(H,18,19). The number of rotatable bonds is 4. The minimum atomic E-state index is -0.950. The van der Waals surface area contributed by atoms with Gasteiger partial charge in [-0.3, -0.25) is 0 Å². The van der Waals surface area contributed by atoms with Crippen LogP contribution in [0.1, 0.15) is 35.5 Å². The van der Waals surface area contributed by atoms with Crippen LogP contribution in [-0.2, 0) is 11.2 Å². The number of nitrogens with zero attached hydrogens (tertiary/aromatic N) is 4. The molecule has 1 aromatic heterocycles. The van der Waals surface area contributed by atoms with Crippen molar-refractivity contribution in [1.29, 1.82) is 0 Å². The Morgan fingerprint density at radius 1 is 1.42 bits per heavy atom. The summed E-state index contributed by atoms with van der Waals surface area (Å²) >= 11 is 0. The number of carboxylic acids is 1. The lowest BCUT2D eigenvalue weighted by Gasteiger charge is -2.10. The van der Waals surface area contributed by atoms with Crippen molar-refractivity contribution in [3.05, 3.63) is 40.7 Å². The van der Waals surface area contributed by atoms with Crippen molar-refractivity contribution >= 4 is 5.97 Å². The number of benzene rings is 1. The highest BCUT2D eigenvalue weighted by molar-refractivity contribution is 5.71. The molecule has 6 nitrogen and oxygen atoms in total. The number of aliphatic carboxylic acids is 1. The molecule has 0 amide bonds. The second-order valence-corrected chi connectivity index (χ2v) is 4.66. The summed E-state index contributed by atoms with van der Waals surface area (Å²) in [7, 11) is 0. The zero-order valence-electron chi connectivity index (χ0n) is 11.2. The van der Waals surface area contributed by atoms with Gasteiger partial charge in [0.2, 0.25) is 0 Å². The summed E-state index contributed by atoms with van der Waals surface area (Å²) in [6.07, 6.45) is 0.526. The first kappa shape index (κ1) is 13.2. The molecule has 1 atom stereocenters. The third kappa shape index (κ3) is 2.78. The van der Waals surface area contributed by atoms with E-state index in [0.29, 0.717) is 12.2 Å². The van der Waals surface area contributed by atoms with Crippen LogP contribution in [0.2, 0.25) is 0 Å². The molecule has 2 aromatic rings. The van der Waals surface area contributed by atoms with E-state index in [-0.39, 0.29) is 0 Å². The largest absolute Gasteiger partial charge is 0.480 e. The minimum absolute atomic E-state index is 0.526. The van der Waals surface area contributed by atoms with Crippen molar-refractivity contribution in [1.82, 2.24) is 20.2 Å². The lowest BCUT2D eigenvalue weighted by molar-refractivity contribution is -0.140. The topological polar surface area (TPSA) is 80.9 Å². The van der Waals surface area contributed by atoms with Crippen molar-refractivity contribution in [2.75, 3.05) is 0 Å². The van der Waals surface area contributed by atoms with Gasteiger partial charge in [0.1, 0.15) is 6.04 Å². The van der Waals surface area contributed by atoms with Gasteiger partial charge in [-0.2, -0.15) is 0 Å². The molecule has 0 bridgehead atoms. The van der Waals surface area contributed by atoms with E-state index in [4.69, 9.17) is 5.11 Å². The second-order valence-electron chi connectivity index (χ2n) is 4.66. The fraction of sp³-hybridized carbons (Fsp3) is 0.385. The summed E-state index contributed by atoms with van der Waals surface area (Å²) < 4.78 is 1.35. The summed E-state index contributed by atoms with van der Waals surface area (Å²) in [4.78, 5) is 11.0. The second kappa shape index (κ2) is 5.17. The molecule has 2 rings (SSSR count). The normalized spacial score (nSPS) is 12.4. The van der Waals surface area contributed by atoms with Gasteiger partial charge in [0.15, 0.2) is 5.82 Å². The van der Waals surface area contributed by atoms with Crippen molar-refractivity contribution in [3.8, 4) is 0 Å². The third-order valence-electron chi connectivity index (χ3n) is 3.14. The first-order chi connectivity index (χ1) is 8.99. The van der Waals surface area contributed by atoms with Crippen LogP contribution < -0.4 is 0 Å². The number of carbonyl (C=O) groups is 1. The number of carboxylic acid groups (broad SMARTS) is 1. The Hall–Kier alpha value is -2.24. The molecule has 0 aliphatic rings. The zero-order chi connectivity index (χ0) is 14.0. The minimum Gasteiger partial charge on any atom is -0.480 e. The van der Waals surface area contributed by atoms with Gasteiger partial charge in [-0.1, -0.05) is 23.8 Å². The molecule has 0 aliphatic carbocycles. The van der Waals surface area contributed by atoms with E-state index >= 15 is 0 Å². The Labute approximate surface area is 111 Å². The Morgan fingerprint density at radius 3 is 2.84 bits per heavy atom. The van der Waals surface area contributed by atoms with Crippen LogP contribution in [0.25, 0.3) is 0 Å². The first-order valence-electron chi connectivity index (χ1n) is 6.04. The highest BCUT2D eigenvalue weighted by Crippen LogP contribution is 2.16. The predicted molar refractivity (Wildman–Crippen MR) is 68.9 cm³/mol. The van der Waals surface area contributed by atoms with Crippen LogP contribution in [-0.4, -0.2) is 31.3 Å². The van der Waals surface area contributed by atoms with Crippen LogP contribution in [0.3, 0.4) is 0 Å². The lowest BCUT2D eigenvalue weighted by Crippen LogP contribution is -2.19. The van der Waals surface area contributed by atoms with E-state index in [0.717, 1.165) is 16.7 Å². The monoisotopic (exact) mass is 260 g/mol. The van der Waals surface area contributed by atoms with Crippen LogP contribution in [0, 0.1) is 13.8 Å². The van der Waals surface area contributed by atoms with Gasteiger partial charge in [-0.25, -0.2) is 9.48 Å². The lowest BCUT2D eigenvalue weighted by atomic mass is 10.0. The molecule has 0 spiro atoms. The highest BCUT2D eigenvalue weighted by atomic mass is 16.4. The maximum Gasteiger partial charge on any atom is 0.328 e. The fourth-order valence-electron chi connectivity index (χ4n) is 1.90. The molecule has 100 valence electrons. The summed E-state index contributed by atoms with van der Waals surface area (Å²) in [5.41, 5.74) is 3.41. The Bertz CT molecular complexity index is 606. The number of hydrogen-bond acceptors (Lipinski definition) is 4. The van der Waals surface area contributed by atoms with E-state index in [1.807, 2.05) is 26.0 Å². The van der Waals surface area contributed by atoms with E-state index < -0.39 is 12.0 Å². The summed E-state index contributed by atoms with van der Waals surface area (Å²) in [6, 6.07) is 5.39. The number of aryl methyl sites for hydroxylation is 2. The van der Waals surface area contributed by atoms with Crippen molar-refractivity contribution in [3.63, 3.8) is 0 Å². The van der Waals surface area contributed by atoms with Crippen LogP contribution in [0.5, 0.6) is 0 Å². The molecule has 0 saturated carbocycles. The van der Waals surface area contributed by atoms with Gasteiger partial charge >= 0.3 is 5.97 Å². The molecule has 0 radical (unpaired) electrons. The number of aromatic nitrogens is 4. The number of tetrazole rings is 1. The molecule has 1 aromatic carbocycles. The van der Waals surface area contributed by atoms with Crippen molar-refractivity contribution in [2.24, 2.45) is 0 Å². The molecule has 0 saturated heterocycles. The Balaban J connectivity index is 2.32. The molecule has 1 heterocycles. The fourth-order valence-corrected chi connectivity index (χ4v) is 1.90. The van der Waals surface area contributed by atoms with Gasteiger partial charge in [0.05, 0.1) is 0 Å². The summed E-state index contributed by atoms with van der Waals surface area (Å²) in [6.45, 7) is 5.60. The molecule has 1 N–H and O–H groups in total. The van der Waals surface area contributed by atoms with Crippen LogP contribution >= 0.6 is 0 Å². The SMILES string of the molecule is Cc1ccc(C)c(Cc2nnnn2C(C)C(=O)O)c1. The van der Waals surface area contributed by atoms with E-state index in [1.54, 1.807) is 6.92 Å². The van der Waals surface area contributed by atoms with E-state index in [2.05, 4.69) is 21.6 Å². The average molecular weight is 260 g/mol. The highest BCUT2D eigenvalue weighted by Gasteiger charge is 2.19. The van der Waals surface area contributed by atoms with Gasteiger partial charge in [0, 0.05) is 6.42 Å². The van der Waals surface area contributed by atoms with Crippen molar-refractivity contribution in [2.45, 2.75) is 33.2 Å². The van der Waals surface area contributed by atoms with Gasteiger partial charge in [0.25, 0.3) is 0 Å². The smallest absolute Gasteiger partial charge is 0.328 e. The Kier molecular flexibility index (Phi) is 3.59. The molecule has 6 heteroatoms.